The van der Waals surface area contributed by atoms with Crippen LogP contribution in [0.1, 0.15) is 58.7 Å². The summed E-state index contributed by atoms with van der Waals surface area (Å²) in [7, 11) is 0. The van der Waals surface area contributed by atoms with Crippen LogP contribution < -0.4 is 10.6 Å². The number of nitrogens with one attached hydrogen (secondary N) is 2. The second-order valence-corrected chi connectivity index (χ2v) is 6.56. The molecule has 0 aromatic carbocycles. The summed E-state index contributed by atoms with van der Waals surface area (Å²) in [6.07, 6.45) is 4.23. The molecule has 2 rings (SSSR count). The first kappa shape index (κ1) is 23.1. The third kappa shape index (κ3) is 5.31. The molecule has 1 fully saturated rings. The van der Waals surface area contributed by atoms with Gasteiger partial charge in [0.05, 0.1) is 12.6 Å². The molecule has 0 radical (unpaired) electrons. The fraction of sp³-hybridized carbons (Fsp3) is 0.833. The van der Waals surface area contributed by atoms with E-state index in [0.717, 1.165) is 38.4 Å². The Balaban J connectivity index is 0.00000338. The molecule has 0 amide bonds. The minimum atomic E-state index is 0. The lowest BCUT2D eigenvalue weighted by atomic mass is 9.58. The average Bonchev–Trinajstić information content (AvgIpc) is 3.00. The Morgan fingerprint density at radius 1 is 1.31 bits per heavy atom. The van der Waals surface area contributed by atoms with Gasteiger partial charge in [-0.15, -0.1) is 24.0 Å². The van der Waals surface area contributed by atoms with Crippen LogP contribution in [0.25, 0.3) is 0 Å². The number of rotatable bonds is 9. The van der Waals surface area contributed by atoms with Crippen LogP contribution in [0, 0.1) is 12.3 Å². The maximum atomic E-state index is 5.96. The molecule has 26 heavy (non-hydrogen) atoms. The van der Waals surface area contributed by atoms with Crippen LogP contribution in [0.3, 0.4) is 0 Å². The van der Waals surface area contributed by atoms with E-state index in [2.05, 4.69) is 53.5 Å². The van der Waals surface area contributed by atoms with E-state index in [1.807, 2.05) is 6.92 Å². The van der Waals surface area contributed by atoms with Crippen molar-refractivity contribution in [3.8, 4) is 0 Å². The Kier molecular flexibility index (Phi) is 9.84. The van der Waals surface area contributed by atoms with Crippen LogP contribution in [0.15, 0.2) is 9.52 Å². The van der Waals surface area contributed by atoms with Crippen LogP contribution in [0.5, 0.6) is 0 Å². The number of guanidine groups is 1. The van der Waals surface area contributed by atoms with E-state index >= 15 is 0 Å². The molecule has 150 valence electrons. The molecular formula is C18H34IN5O2. The van der Waals surface area contributed by atoms with Crippen molar-refractivity contribution in [3.05, 3.63) is 11.7 Å². The number of hydrogen-bond acceptors (Lipinski definition) is 5. The van der Waals surface area contributed by atoms with E-state index in [0.29, 0.717) is 36.8 Å². The van der Waals surface area contributed by atoms with Gasteiger partial charge in [0, 0.05) is 31.0 Å². The molecule has 0 spiro atoms. The van der Waals surface area contributed by atoms with Crippen LogP contribution in [0.4, 0.5) is 0 Å². The molecule has 2 atom stereocenters. The van der Waals surface area contributed by atoms with E-state index in [9.17, 15) is 0 Å². The Bertz CT molecular complexity index is 560. The molecule has 1 aliphatic rings. The van der Waals surface area contributed by atoms with Gasteiger partial charge < -0.3 is 19.9 Å². The van der Waals surface area contributed by atoms with Gasteiger partial charge in [-0.1, -0.05) is 19.0 Å². The quantitative estimate of drug-likeness (QED) is 0.322. The van der Waals surface area contributed by atoms with E-state index < -0.39 is 0 Å². The van der Waals surface area contributed by atoms with Crippen LogP contribution in [-0.4, -0.2) is 47.9 Å². The summed E-state index contributed by atoms with van der Waals surface area (Å²) in [5.74, 6) is 2.15. The smallest absolute Gasteiger partial charge is 0.228 e. The second kappa shape index (κ2) is 11.1. The first-order chi connectivity index (χ1) is 12.1. The van der Waals surface area contributed by atoms with E-state index in [-0.39, 0.29) is 29.4 Å². The zero-order valence-electron chi connectivity index (χ0n) is 16.7. The lowest BCUT2D eigenvalue weighted by Crippen LogP contribution is -2.65. The summed E-state index contributed by atoms with van der Waals surface area (Å²) in [4.78, 5) is 8.89. The van der Waals surface area contributed by atoms with Gasteiger partial charge in [-0.3, -0.25) is 4.99 Å². The number of aryl methyl sites for hydroxylation is 1. The predicted molar refractivity (Wildman–Crippen MR) is 114 cm³/mol. The first-order valence-corrected chi connectivity index (χ1v) is 9.55. The number of nitrogens with zero attached hydrogens (tertiary/aromatic N) is 3. The Morgan fingerprint density at radius 3 is 2.58 bits per heavy atom. The van der Waals surface area contributed by atoms with E-state index in [4.69, 9.17) is 9.26 Å². The van der Waals surface area contributed by atoms with Crippen molar-refractivity contribution in [2.45, 2.75) is 72.4 Å². The summed E-state index contributed by atoms with van der Waals surface area (Å²) < 4.78 is 11.1. The molecule has 1 aliphatic carbocycles. The second-order valence-electron chi connectivity index (χ2n) is 6.56. The number of ether oxygens (including phenoxy) is 1. The van der Waals surface area contributed by atoms with Crippen molar-refractivity contribution >= 4 is 29.9 Å². The van der Waals surface area contributed by atoms with Gasteiger partial charge in [0.1, 0.15) is 0 Å². The lowest BCUT2D eigenvalue weighted by molar-refractivity contribution is -0.133. The highest BCUT2D eigenvalue weighted by Gasteiger charge is 2.53. The van der Waals surface area contributed by atoms with E-state index in [1.54, 1.807) is 0 Å². The molecule has 1 aromatic heterocycles. The SMILES string of the molecule is CCNC(=NCCc1nc(C)no1)NC1CC(OCC)C1(CC)CC.I. The molecule has 0 aliphatic heterocycles. The minimum absolute atomic E-state index is 0. The van der Waals surface area contributed by atoms with Crippen LogP contribution in [-0.2, 0) is 11.2 Å². The maximum absolute atomic E-state index is 5.96. The highest BCUT2D eigenvalue weighted by Crippen LogP contribution is 2.48. The molecule has 1 saturated carbocycles. The third-order valence-corrected chi connectivity index (χ3v) is 5.29. The Hall–Kier alpha value is -0.900. The Morgan fingerprint density at radius 2 is 2.04 bits per heavy atom. The summed E-state index contributed by atoms with van der Waals surface area (Å²) in [6, 6.07) is 0.391. The average molecular weight is 479 g/mol. The monoisotopic (exact) mass is 479 g/mol. The van der Waals surface area contributed by atoms with Gasteiger partial charge in [-0.25, -0.2) is 0 Å². The van der Waals surface area contributed by atoms with Crippen LogP contribution in [0.2, 0.25) is 0 Å². The number of aliphatic imine (C=N–C) groups is 1. The molecule has 0 bridgehead atoms. The molecule has 0 saturated heterocycles. The highest BCUT2D eigenvalue weighted by atomic mass is 127. The highest BCUT2D eigenvalue weighted by molar-refractivity contribution is 14.0. The predicted octanol–water partition coefficient (Wildman–Crippen LogP) is 3.08. The van der Waals surface area contributed by atoms with Gasteiger partial charge in [0.25, 0.3) is 0 Å². The van der Waals surface area contributed by atoms with Crippen molar-refractivity contribution < 1.29 is 9.26 Å². The zero-order chi connectivity index (χ0) is 18.3. The summed E-state index contributed by atoms with van der Waals surface area (Å²) in [5, 5.41) is 10.8. The molecule has 1 heterocycles. The van der Waals surface area contributed by atoms with Crippen molar-refractivity contribution in [3.63, 3.8) is 0 Å². The maximum Gasteiger partial charge on any atom is 0.228 e. The van der Waals surface area contributed by atoms with Crippen molar-refractivity contribution in [2.75, 3.05) is 19.7 Å². The Labute approximate surface area is 174 Å². The molecule has 8 heteroatoms. The zero-order valence-corrected chi connectivity index (χ0v) is 19.0. The molecule has 1 aromatic rings. The molecule has 7 nitrogen and oxygen atoms in total. The van der Waals surface area contributed by atoms with Gasteiger partial charge in [0.15, 0.2) is 11.8 Å². The largest absolute Gasteiger partial charge is 0.378 e. The van der Waals surface area contributed by atoms with Crippen molar-refractivity contribution in [1.29, 1.82) is 0 Å². The molecule has 2 N–H and O–H groups in total. The van der Waals surface area contributed by atoms with Crippen molar-refractivity contribution in [1.82, 2.24) is 20.8 Å². The minimum Gasteiger partial charge on any atom is -0.378 e. The molecule has 2 unspecified atom stereocenters. The van der Waals surface area contributed by atoms with Crippen LogP contribution >= 0.6 is 24.0 Å². The van der Waals surface area contributed by atoms with E-state index in [1.165, 1.54) is 0 Å². The topological polar surface area (TPSA) is 84.6 Å². The fourth-order valence-electron chi connectivity index (χ4n) is 3.77. The third-order valence-electron chi connectivity index (χ3n) is 5.29. The summed E-state index contributed by atoms with van der Waals surface area (Å²) >= 11 is 0. The first-order valence-electron chi connectivity index (χ1n) is 9.55. The summed E-state index contributed by atoms with van der Waals surface area (Å²) in [5.41, 5.74) is 0.190. The number of hydrogen-bond donors (Lipinski definition) is 2. The normalized spacial score (nSPS) is 21.7. The van der Waals surface area contributed by atoms with Gasteiger partial charge in [0.2, 0.25) is 5.89 Å². The number of halogens is 1. The lowest BCUT2D eigenvalue weighted by Gasteiger charge is -2.55. The standard InChI is InChI=1S/C18H33N5O2.HI/c1-6-18(7-2)14(12-15(18)24-9-4)22-17(19-8-3)20-11-10-16-21-13(5)23-25-16;/h14-15H,6-12H2,1-5H3,(H2,19,20,22);1H. The van der Waals surface area contributed by atoms with Gasteiger partial charge in [-0.2, -0.15) is 4.98 Å². The molecular weight excluding hydrogens is 445 g/mol. The van der Waals surface area contributed by atoms with Crippen molar-refractivity contribution in [2.24, 2.45) is 10.4 Å². The summed E-state index contributed by atoms with van der Waals surface area (Å²) in [6.45, 7) is 12.7. The number of aromatic nitrogens is 2. The van der Waals surface area contributed by atoms with Gasteiger partial charge >= 0.3 is 0 Å². The fourth-order valence-corrected chi connectivity index (χ4v) is 3.77. The van der Waals surface area contributed by atoms with Gasteiger partial charge in [-0.05, 0) is 40.0 Å².